The van der Waals surface area contributed by atoms with Gasteiger partial charge < -0.3 is 19.2 Å². The van der Waals surface area contributed by atoms with E-state index in [2.05, 4.69) is 32.7 Å². The molecule has 3 heteroatoms. The summed E-state index contributed by atoms with van der Waals surface area (Å²) in [5.41, 5.74) is 2.25. The van der Waals surface area contributed by atoms with Crippen LogP contribution in [0, 0.1) is 6.92 Å². The van der Waals surface area contributed by atoms with Crippen molar-refractivity contribution in [1.29, 1.82) is 0 Å². The first-order chi connectivity index (χ1) is 3.33. The molecule has 0 aromatic heterocycles. The molecule has 0 fully saturated rings. The first-order valence-corrected chi connectivity index (χ1v) is 2.41. The van der Waals surface area contributed by atoms with Crippen molar-refractivity contribution in [1.82, 2.24) is 0 Å². The van der Waals surface area contributed by atoms with Crippen LogP contribution < -0.4 is 0 Å². The molecule has 10 heavy (non-hydrogen) atoms. The summed E-state index contributed by atoms with van der Waals surface area (Å²) in [6.45, 7) is 12.0. The number of hydrogen-bond acceptors (Lipinski definition) is 0. The molecule has 68 valence electrons. The quantitative estimate of drug-likeness (QED) is 0.374. The normalized spacial score (nSPS) is 3.80. The van der Waals surface area contributed by atoms with Gasteiger partial charge in [0.2, 0.25) is 0 Å². The molecule has 4 N–H and O–H groups in total. The van der Waals surface area contributed by atoms with Crippen LogP contribution in [0.15, 0.2) is 18.9 Å². The van der Waals surface area contributed by atoms with Gasteiger partial charge in [-0.05, 0) is 0 Å². The van der Waals surface area contributed by atoms with Gasteiger partial charge in [-0.3, -0.25) is 0 Å². The molecule has 2 nitrogen and oxygen atoms in total. The Morgan fingerprint density at radius 1 is 1.30 bits per heavy atom. The van der Waals surface area contributed by atoms with Crippen molar-refractivity contribution in [2.75, 3.05) is 0 Å². The fourth-order valence-corrected chi connectivity index (χ4v) is 0. The molecule has 0 radical (unpaired) electrons. The third kappa shape index (κ3) is 336. The third-order valence-electron chi connectivity index (χ3n) is 0.354. The minimum absolute atomic E-state index is 0. The fourth-order valence-electron chi connectivity index (χ4n) is 0. The van der Waals surface area contributed by atoms with Crippen molar-refractivity contribution in [2.24, 2.45) is 0 Å². The van der Waals surface area contributed by atoms with Crippen molar-refractivity contribution in [3.05, 3.63) is 38.1 Å². The summed E-state index contributed by atoms with van der Waals surface area (Å²) in [5, 5.41) is 0. The molecule has 0 aromatic carbocycles. The van der Waals surface area contributed by atoms with Crippen LogP contribution >= 0.6 is 0 Å². The first kappa shape index (κ1) is 32.2. The van der Waals surface area contributed by atoms with Crippen molar-refractivity contribution < 1.29 is 20.4 Å². The summed E-state index contributed by atoms with van der Waals surface area (Å²) in [5.74, 6) is 0. The molecule has 0 spiro atoms. The Morgan fingerprint density at radius 3 is 1.40 bits per heavy atom. The predicted octanol–water partition coefficient (Wildman–Crippen LogP) is 4.01. The van der Waals surface area contributed by atoms with E-state index < -0.39 is 0 Å². The number of hydrogen-bond donors (Lipinski definition) is 0. The molecule has 0 atom stereocenters. The fraction of sp³-hybridized carbons (Fsp3) is 0.429. The Kier molecular flexibility index (Phi) is 200. The third-order valence-corrected chi connectivity index (χ3v) is 0.354. The molecule has 0 bridgehead atoms. The SMILES string of the molecule is C=C=C.[CH2-]CCC.[NH2-].[NH2-].[Pd]. The van der Waals surface area contributed by atoms with Crippen LogP contribution in [0.2, 0.25) is 0 Å². The number of unbranched alkanes of at least 4 members (excludes halogenated alkanes) is 1. The van der Waals surface area contributed by atoms with Gasteiger partial charge in [-0.2, -0.15) is 6.42 Å². The van der Waals surface area contributed by atoms with Gasteiger partial charge >= 0.3 is 0 Å². The molecule has 0 rings (SSSR count). The zero-order valence-corrected chi connectivity index (χ0v) is 8.06. The summed E-state index contributed by atoms with van der Waals surface area (Å²) >= 11 is 0. The summed E-state index contributed by atoms with van der Waals surface area (Å²) in [6.07, 6.45) is 2.28. The largest absolute Gasteiger partial charge is 0.693 e. The molecule has 0 aliphatic rings. The topological polar surface area (TPSA) is 67.0 Å². The first-order valence-electron chi connectivity index (χ1n) is 2.41. The van der Waals surface area contributed by atoms with Crippen LogP contribution in [0.4, 0.5) is 0 Å². The maximum atomic E-state index is 3.60. The van der Waals surface area contributed by atoms with E-state index in [4.69, 9.17) is 0 Å². The second-order valence-corrected chi connectivity index (χ2v) is 1.10. The Bertz CT molecular complexity index is 47.6. The minimum atomic E-state index is 0. The molecular formula is C7H17N2Pd-3. The van der Waals surface area contributed by atoms with Crippen LogP contribution in [0.5, 0.6) is 0 Å². The van der Waals surface area contributed by atoms with Crippen LogP contribution in [-0.4, -0.2) is 0 Å². The van der Waals surface area contributed by atoms with E-state index in [-0.39, 0.29) is 32.7 Å². The molecule has 0 unspecified atom stereocenters. The van der Waals surface area contributed by atoms with Gasteiger partial charge in [0.15, 0.2) is 0 Å². The van der Waals surface area contributed by atoms with E-state index in [1.165, 1.54) is 6.42 Å². The average molecular weight is 236 g/mol. The molecule has 0 saturated heterocycles. The summed E-state index contributed by atoms with van der Waals surface area (Å²) in [7, 11) is 0. The van der Waals surface area contributed by atoms with Gasteiger partial charge in [0.1, 0.15) is 0 Å². The molecule has 0 heterocycles. The van der Waals surface area contributed by atoms with Gasteiger partial charge in [-0.1, -0.05) is 26.5 Å². The average Bonchev–Trinajstić information content (AvgIpc) is 1.69. The maximum Gasteiger partial charge on any atom is 0 e. The monoisotopic (exact) mass is 235 g/mol. The predicted molar refractivity (Wildman–Crippen MR) is 45.6 cm³/mol. The van der Waals surface area contributed by atoms with E-state index in [1.54, 1.807) is 0 Å². The van der Waals surface area contributed by atoms with Crippen molar-refractivity contribution in [3.8, 4) is 0 Å². The Morgan fingerprint density at radius 2 is 1.40 bits per heavy atom. The van der Waals surface area contributed by atoms with E-state index in [9.17, 15) is 0 Å². The van der Waals surface area contributed by atoms with E-state index in [0.29, 0.717) is 0 Å². The van der Waals surface area contributed by atoms with Gasteiger partial charge in [0.25, 0.3) is 0 Å². The number of rotatable bonds is 1. The smallest absolute Gasteiger partial charge is 0 e. The maximum absolute atomic E-state index is 3.60. The van der Waals surface area contributed by atoms with Crippen molar-refractivity contribution in [2.45, 2.75) is 19.8 Å². The van der Waals surface area contributed by atoms with Gasteiger partial charge in [0.05, 0.1) is 0 Å². The summed E-state index contributed by atoms with van der Waals surface area (Å²) < 4.78 is 0. The van der Waals surface area contributed by atoms with Gasteiger partial charge in [-0.15, -0.1) is 5.73 Å². The van der Waals surface area contributed by atoms with Crippen molar-refractivity contribution in [3.63, 3.8) is 0 Å². The zero-order valence-electron chi connectivity index (χ0n) is 6.51. The van der Waals surface area contributed by atoms with Gasteiger partial charge in [-0.25, -0.2) is 0 Å². The van der Waals surface area contributed by atoms with Crippen LogP contribution in [0.3, 0.4) is 0 Å². The molecular weight excluding hydrogens is 219 g/mol. The van der Waals surface area contributed by atoms with Crippen molar-refractivity contribution >= 4 is 0 Å². The summed E-state index contributed by atoms with van der Waals surface area (Å²) in [4.78, 5) is 0. The Hall–Kier alpha value is 0.102. The van der Waals surface area contributed by atoms with Crippen LogP contribution in [0.25, 0.3) is 12.3 Å². The number of nitrogens with two attached hydrogens (primary N) is 2. The van der Waals surface area contributed by atoms with E-state index in [0.717, 1.165) is 6.42 Å². The molecule has 0 saturated carbocycles. The summed E-state index contributed by atoms with van der Waals surface area (Å²) in [6, 6.07) is 0. The minimum Gasteiger partial charge on any atom is -0.693 e. The Balaban J connectivity index is -0.0000000131. The van der Waals surface area contributed by atoms with E-state index >= 15 is 0 Å². The van der Waals surface area contributed by atoms with Crippen LogP contribution in [0.1, 0.15) is 19.8 Å². The second kappa shape index (κ2) is 62.1. The molecule has 0 amide bonds. The standard InChI is InChI=1S/C4H9.C3H4.2H2N.Pd/c1-3-4-2;1-3-2;;;/h1,3-4H2,2H3;1-2H2;2*1H2;/q-1;;2*-1;. The molecule has 0 aliphatic carbocycles. The molecule has 0 aromatic rings. The van der Waals surface area contributed by atoms with E-state index in [1.807, 2.05) is 0 Å². The Labute approximate surface area is 78.6 Å². The molecule has 0 aliphatic heterocycles. The zero-order chi connectivity index (χ0) is 6.12. The van der Waals surface area contributed by atoms with Gasteiger partial charge in [0, 0.05) is 20.4 Å². The second-order valence-electron chi connectivity index (χ2n) is 1.10. The van der Waals surface area contributed by atoms with Crippen LogP contribution in [-0.2, 0) is 20.4 Å².